The minimum absolute atomic E-state index is 0.0378. The number of imide groups is 1. The zero-order valence-corrected chi connectivity index (χ0v) is 10.5. The molecule has 0 heterocycles. The molecule has 0 saturated carbocycles. The van der Waals surface area contributed by atoms with Crippen molar-refractivity contribution < 1.29 is 14.0 Å². The van der Waals surface area contributed by atoms with Gasteiger partial charge in [0.05, 0.1) is 11.6 Å². The second kappa shape index (κ2) is 6.80. The van der Waals surface area contributed by atoms with Crippen molar-refractivity contribution >= 4 is 29.2 Å². The van der Waals surface area contributed by atoms with Crippen LogP contribution >= 0.6 is 11.6 Å². The van der Waals surface area contributed by atoms with E-state index in [-0.39, 0.29) is 11.6 Å². The van der Waals surface area contributed by atoms with Gasteiger partial charge < -0.3 is 10.6 Å². The second-order valence-corrected chi connectivity index (χ2v) is 3.80. The maximum Gasteiger partial charge on any atom is 0.321 e. The summed E-state index contributed by atoms with van der Waals surface area (Å²) in [7, 11) is 0. The molecule has 98 valence electrons. The number of amides is 3. The van der Waals surface area contributed by atoms with Crippen LogP contribution in [0.25, 0.3) is 0 Å². The van der Waals surface area contributed by atoms with Crippen molar-refractivity contribution in [3.63, 3.8) is 0 Å². The van der Waals surface area contributed by atoms with E-state index in [0.717, 1.165) is 0 Å². The van der Waals surface area contributed by atoms with Crippen molar-refractivity contribution in [2.24, 2.45) is 0 Å². The smallest absolute Gasteiger partial charge is 0.321 e. The molecule has 0 aromatic heterocycles. The lowest BCUT2D eigenvalue weighted by molar-refractivity contribution is -0.118. The standard InChI is InChI=1S/C11H13ClFN3O2/c1-2-14-11(18)16-10(17)6-15-7-3-4-9(13)8(12)5-7/h3-5,15H,2,6H2,1H3,(H2,14,16,17,18). The molecule has 0 fully saturated rings. The number of carbonyl (C=O) groups is 2. The van der Waals surface area contributed by atoms with E-state index in [2.05, 4.69) is 16.0 Å². The number of rotatable bonds is 4. The lowest BCUT2D eigenvalue weighted by Crippen LogP contribution is -2.41. The van der Waals surface area contributed by atoms with Crippen molar-refractivity contribution in [1.82, 2.24) is 10.6 Å². The van der Waals surface area contributed by atoms with Gasteiger partial charge in [0.25, 0.3) is 0 Å². The Hall–Kier alpha value is -1.82. The van der Waals surface area contributed by atoms with Crippen molar-refractivity contribution in [2.45, 2.75) is 6.92 Å². The maximum atomic E-state index is 12.9. The summed E-state index contributed by atoms with van der Waals surface area (Å²) < 4.78 is 12.9. The summed E-state index contributed by atoms with van der Waals surface area (Å²) in [5, 5.41) is 7.22. The van der Waals surface area contributed by atoms with Crippen LogP contribution in [-0.2, 0) is 4.79 Å². The van der Waals surface area contributed by atoms with Gasteiger partial charge >= 0.3 is 6.03 Å². The van der Waals surface area contributed by atoms with Gasteiger partial charge in [0.2, 0.25) is 5.91 Å². The molecule has 0 spiro atoms. The zero-order chi connectivity index (χ0) is 13.5. The number of benzene rings is 1. The molecular weight excluding hydrogens is 261 g/mol. The van der Waals surface area contributed by atoms with Crippen LogP contribution < -0.4 is 16.0 Å². The molecule has 1 aromatic rings. The molecule has 0 aliphatic heterocycles. The highest BCUT2D eigenvalue weighted by molar-refractivity contribution is 6.31. The molecule has 0 bridgehead atoms. The van der Waals surface area contributed by atoms with Crippen LogP contribution in [0.1, 0.15) is 6.92 Å². The van der Waals surface area contributed by atoms with Crippen LogP contribution in [0.3, 0.4) is 0 Å². The van der Waals surface area contributed by atoms with Gasteiger partial charge in [-0.25, -0.2) is 9.18 Å². The Morgan fingerprint density at radius 1 is 1.39 bits per heavy atom. The van der Waals surface area contributed by atoms with Gasteiger partial charge in [-0.2, -0.15) is 0 Å². The van der Waals surface area contributed by atoms with Crippen molar-refractivity contribution in [2.75, 3.05) is 18.4 Å². The van der Waals surface area contributed by atoms with Crippen LogP contribution in [-0.4, -0.2) is 25.0 Å². The fourth-order valence-corrected chi connectivity index (χ4v) is 1.34. The fourth-order valence-electron chi connectivity index (χ4n) is 1.16. The van der Waals surface area contributed by atoms with Crippen molar-refractivity contribution in [3.05, 3.63) is 29.0 Å². The Labute approximate surface area is 109 Å². The Morgan fingerprint density at radius 2 is 2.11 bits per heavy atom. The topological polar surface area (TPSA) is 70.2 Å². The highest BCUT2D eigenvalue weighted by Gasteiger charge is 2.06. The van der Waals surface area contributed by atoms with Gasteiger partial charge in [0, 0.05) is 12.2 Å². The highest BCUT2D eigenvalue weighted by Crippen LogP contribution is 2.18. The van der Waals surface area contributed by atoms with Crippen LogP contribution in [0.2, 0.25) is 5.02 Å². The largest absolute Gasteiger partial charge is 0.376 e. The van der Waals surface area contributed by atoms with E-state index in [9.17, 15) is 14.0 Å². The molecule has 0 unspecified atom stereocenters. The first-order valence-electron chi connectivity index (χ1n) is 5.29. The second-order valence-electron chi connectivity index (χ2n) is 3.39. The normalized spacial score (nSPS) is 9.72. The molecular formula is C11H13ClFN3O2. The summed E-state index contributed by atoms with van der Waals surface area (Å²) in [6.45, 7) is 2.06. The van der Waals surface area contributed by atoms with E-state index in [1.165, 1.54) is 18.2 Å². The van der Waals surface area contributed by atoms with Crippen LogP contribution in [0.15, 0.2) is 18.2 Å². The SMILES string of the molecule is CCNC(=O)NC(=O)CNc1ccc(F)c(Cl)c1. The minimum Gasteiger partial charge on any atom is -0.376 e. The number of anilines is 1. The number of urea groups is 1. The third-order valence-electron chi connectivity index (χ3n) is 1.96. The van der Waals surface area contributed by atoms with Gasteiger partial charge in [-0.1, -0.05) is 11.6 Å². The fraction of sp³-hybridized carbons (Fsp3) is 0.273. The zero-order valence-electron chi connectivity index (χ0n) is 9.72. The lowest BCUT2D eigenvalue weighted by Gasteiger charge is -2.07. The monoisotopic (exact) mass is 273 g/mol. The van der Waals surface area contributed by atoms with Gasteiger partial charge in [-0.15, -0.1) is 0 Å². The average Bonchev–Trinajstić information content (AvgIpc) is 2.31. The Bertz CT molecular complexity index is 454. The molecule has 0 aliphatic rings. The van der Waals surface area contributed by atoms with Crippen LogP contribution in [0.4, 0.5) is 14.9 Å². The summed E-state index contributed by atoms with van der Waals surface area (Å²) in [4.78, 5) is 22.3. The quantitative estimate of drug-likeness (QED) is 0.782. The molecule has 0 aliphatic carbocycles. The molecule has 3 amide bonds. The van der Waals surface area contributed by atoms with E-state index >= 15 is 0 Å². The van der Waals surface area contributed by atoms with E-state index < -0.39 is 17.8 Å². The van der Waals surface area contributed by atoms with Gasteiger partial charge in [0.15, 0.2) is 0 Å². The third-order valence-corrected chi connectivity index (χ3v) is 2.25. The summed E-state index contributed by atoms with van der Waals surface area (Å²) in [6, 6.07) is 3.44. The van der Waals surface area contributed by atoms with E-state index in [4.69, 9.17) is 11.6 Å². The molecule has 3 N–H and O–H groups in total. The number of hydrogen-bond acceptors (Lipinski definition) is 3. The molecule has 5 nitrogen and oxygen atoms in total. The molecule has 0 atom stereocenters. The molecule has 7 heteroatoms. The predicted octanol–water partition coefficient (Wildman–Crippen LogP) is 1.74. The van der Waals surface area contributed by atoms with Crippen molar-refractivity contribution in [3.8, 4) is 0 Å². The van der Waals surface area contributed by atoms with Gasteiger partial charge in [-0.3, -0.25) is 10.1 Å². The van der Waals surface area contributed by atoms with Gasteiger partial charge in [0.1, 0.15) is 5.82 Å². The minimum atomic E-state index is -0.554. The molecule has 0 radical (unpaired) electrons. The summed E-state index contributed by atoms with van der Waals surface area (Å²) in [5.41, 5.74) is 0.493. The maximum absolute atomic E-state index is 12.9. The molecule has 18 heavy (non-hydrogen) atoms. The number of carbonyl (C=O) groups excluding carboxylic acids is 2. The lowest BCUT2D eigenvalue weighted by atomic mass is 10.3. The van der Waals surface area contributed by atoms with Crippen molar-refractivity contribution in [1.29, 1.82) is 0 Å². The van der Waals surface area contributed by atoms with Crippen LogP contribution in [0, 0.1) is 5.82 Å². The Kier molecular flexibility index (Phi) is 5.38. The summed E-state index contributed by atoms with van der Waals surface area (Å²) >= 11 is 5.58. The third kappa shape index (κ3) is 4.58. The average molecular weight is 274 g/mol. The summed E-state index contributed by atoms with van der Waals surface area (Å²) in [5.74, 6) is -1.03. The number of hydrogen-bond donors (Lipinski definition) is 3. The highest BCUT2D eigenvalue weighted by atomic mass is 35.5. The predicted molar refractivity (Wildman–Crippen MR) is 67.1 cm³/mol. The molecule has 0 saturated heterocycles. The van der Waals surface area contributed by atoms with Crippen LogP contribution in [0.5, 0.6) is 0 Å². The van der Waals surface area contributed by atoms with Gasteiger partial charge in [-0.05, 0) is 25.1 Å². The van der Waals surface area contributed by atoms with E-state index in [1.807, 2.05) is 0 Å². The molecule has 1 rings (SSSR count). The first-order valence-corrected chi connectivity index (χ1v) is 5.67. The summed E-state index contributed by atoms with van der Waals surface area (Å²) in [6.07, 6.45) is 0. The Morgan fingerprint density at radius 3 is 2.72 bits per heavy atom. The van der Waals surface area contributed by atoms with E-state index in [1.54, 1.807) is 6.92 Å². The number of nitrogens with one attached hydrogen (secondary N) is 3. The van der Waals surface area contributed by atoms with E-state index in [0.29, 0.717) is 12.2 Å². The molecule has 1 aromatic carbocycles. The number of halogens is 2. The first-order chi connectivity index (χ1) is 8.52. The first kappa shape index (κ1) is 14.2. The Balaban J connectivity index is 2.42.